The van der Waals surface area contributed by atoms with Gasteiger partial charge in [-0.1, -0.05) is 18.2 Å². The molecule has 2 aromatic carbocycles. The minimum atomic E-state index is -0.585. The number of esters is 1. The van der Waals surface area contributed by atoms with Gasteiger partial charge in [-0.3, -0.25) is 9.69 Å². The van der Waals surface area contributed by atoms with Crippen molar-refractivity contribution in [1.82, 2.24) is 30.0 Å². The molecule has 9 nitrogen and oxygen atoms in total. The molecule has 33 heavy (non-hydrogen) atoms. The molecule has 0 saturated carbocycles. The van der Waals surface area contributed by atoms with E-state index in [9.17, 15) is 14.0 Å². The van der Waals surface area contributed by atoms with E-state index in [0.717, 1.165) is 36.4 Å². The number of hydrogen-bond donors (Lipinski definition) is 0. The molecule has 2 aliphatic rings. The van der Waals surface area contributed by atoms with Crippen LogP contribution in [0, 0.1) is 5.82 Å². The van der Waals surface area contributed by atoms with Gasteiger partial charge in [-0.2, -0.15) is 0 Å². The van der Waals surface area contributed by atoms with Crippen molar-refractivity contribution in [2.24, 2.45) is 0 Å². The van der Waals surface area contributed by atoms with Gasteiger partial charge in [-0.05, 0) is 46.2 Å². The summed E-state index contributed by atoms with van der Waals surface area (Å²) < 4.78 is 20.7. The molecule has 2 aliphatic heterocycles. The predicted octanol–water partition coefficient (Wildman–Crippen LogP) is 1.40. The van der Waals surface area contributed by atoms with Crippen molar-refractivity contribution in [3.05, 3.63) is 70.8 Å². The first kappa shape index (κ1) is 21.2. The van der Waals surface area contributed by atoms with Gasteiger partial charge in [0.05, 0.1) is 12.1 Å². The average Bonchev–Trinajstić information content (AvgIpc) is 3.49. The third-order valence-corrected chi connectivity index (χ3v) is 6.14. The summed E-state index contributed by atoms with van der Waals surface area (Å²) in [6, 6.07) is 10.9. The van der Waals surface area contributed by atoms with E-state index in [0.29, 0.717) is 31.5 Å². The van der Waals surface area contributed by atoms with E-state index < -0.39 is 11.8 Å². The number of rotatable bonds is 6. The molecule has 3 aromatic rings. The number of carbonyl (C=O) groups excluding carboxylic acids is 2. The quantitative estimate of drug-likeness (QED) is 0.524. The highest BCUT2D eigenvalue weighted by molar-refractivity contribution is 5.93. The molecule has 170 valence electrons. The first-order valence-electron chi connectivity index (χ1n) is 10.9. The van der Waals surface area contributed by atoms with Gasteiger partial charge in [0, 0.05) is 38.3 Å². The van der Waals surface area contributed by atoms with E-state index in [1.807, 2.05) is 35.2 Å². The Morgan fingerprint density at radius 2 is 1.85 bits per heavy atom. The van der Waals surface area contributed by atoms with E-state index in [1.54, 1.807) is 4.68 Å². The zero-order valence-corrected chi connectivity index (χ0v) is 18.0. The lowest BCUT2D eigenvalue weighted by Gasteiger charge is -2.35. The van der Waals surface area contributed by atoms with Crippen LogP contribution >= 0.6 is 0 Å². The van der Waals surface area contributed by atoms with Crippen LogP contribution in [0.2, 0.25) is 0 Å². The van der Waals surface area contributed by atoms with Gasteiger partial charge in [-0.25, -0.2) is 13.9 Å². The maximum absolute atomic E-state index is 14.2. The van der Waals surface area contributed by atoms with E-state index in [4.69, 9.17) is 4.74 Å². The smallest absolute Gasteiger partial charge is 0.341 e. The lowest BCUT2D eigenvalue weighted by Crippen LogP contribution is -2.49. The molecule has 0 aliphatic carbocycles. The highest BCUT2D eigenvalue weighted by atomic mass is 19.1. The second-order valence-corrected chi connectivity index (χ2v) is 8.26. The number of tetrazole rings is 1. The van der Waals surface area contributed by atoms with Crippen molar-refractivity contribution >= 4 is 11.9 Å². The van der Waals surface area contributed by atoms with Gasteiger partial charge in [-0.15, -0.1) is 5.10 Å². The minimum absolute atomic E-state index is 0.0657. The molecule has 1 aromatic heterocycles. The topological polar surface area (TPSA) is 93.5 Å². The second-order valence-electron chi connectivity index (χ2n) is 8.26. The predicted molar refractivity (Wildman–Crippen MR) is 115 cm³/mol. The van der Waals surface area contributed by atoms with Crippen LogP contribution in [-0.2, 0) is 29.0 Å². The SMILES string of the molecule is O=C1OCc2cc(CCN3CCN(C(=O)Cc4ccc(-n5cnnn5)cc4)CC3)cc(F)c21. The molecule has 5 rings (SSSR count). The number of ether oxygens (including phenoxy) is 1. The van der Waals surface area contributed by atoms with Crippen LogP contribution < -0.4 is 0 Å². The monoisotopic (exact) mass is 450 g/mol. The largest absolute Gasteiger partial charge is 0.457 e. The Labute approximate surface area is 189 Å². The van der Waals surface area contributed by atoms with E-state index >= 15 is 0 Å². The van der Waals surface area contributed by atoms with Crippen LogP contribution in [0.3, 0.4) is 0 Å². The third kappa shape index (κ3) is 4.61. The number of nitrogens with zero attached hydrogens (tertiary/aromatic N) is 6. The van der Waals surface area contributed by atoms with Crippen LogP contribution in [-0.4, -0.2) is 74.6 Å². The summed E-state index contributed by atoms with van der Waals surface area (Å²) in [5, 5.41) is 11.1. The summed E-state index contributed by atoms with van der Waals surface area (Å²) >= 11 is 0. The summed E-state index contributed by atoms with van der Waals surface area (Å²) in [4.78, 5) is 28.5. The Balaban J connectivity index is 1.10. The maximum Gasteiger partial charge on any atom is 0.341 e. The molecule has 0 bridgehead atoms. The molecular formula is C23H23FN6O3. The zero-order valence-electron chi connectivity index (χ0n) is 18.0. The summed E-state index contributed by atoms with van der Waals surface area (Å²) in [6.45, 7) is 3.80. The van der Waals surface area contributed by atoms with Crippen molar-refractivity contribution in [2.75, 3.05) is 32.7 Å². The molecule has 0 spiro atoms. The van der Waals surface area contributed by atoms with Crippen LogP contribution in [0.15, 0.2) is 42.7 Å². The fraction of sp³-hybridized carbons (Fsp3) is 0.348. The van der Waals surface area contributed by atoms with Crippen LogP contribution in [0.4, 0.5) is 4.39 Å². The van der Waals surface area contributed by atoms with Crippen molar-refractivity contribution < 1.29 is 18.7 Å². The van der Waals surface area contributed by atoms with Crippen LogP contribution in [0.1, 0.15) is 27.0 Å². The lowest BCUT2D eigenvalue weighted by atomic mass is 10.0. The molecule has 0 unspecified atom stereocenters. The first-order valence-corrected chi connectivity index (χ1v) is 10.9. The standard InChI is InChI=1S/C23H23FN6O3/c24-20-12-17(11-18-14-33-23(32)22(18)20)5-6-28-7-9-29(10-8-28)21(31)13-16-1-3-19(4-2-16)30-15-25-26-27-30/h1-4,11-12,15H,5-10,13-14H2. The zero-order chi connectivity index (χ0) is 22.8. The molecule has 1 fully saturated rings. The number of aromatic nitrogens is 4. The highest BCUT2D eigenvalue weighted by Crippen LogP contribution is 2.25. The summed E-state index contributed by atoms with van der Waals surface area (Å²) in [6.07, 6.45) is 2.56. The van der Waals surface area contributed by atoms with E-state index in [-0.39, 0.29) is 18.1 Å². The van der Waals surface area contributed by atoms with Crippen molar-refractivity contribution in [3.63, 3.8) is 0 Å². The van der Waals surface area contributed by atoms with E-state index in [2.05, 4.69) is 20.4 Å². The summed E-state index contributed by atoms with van der Waals surface area (Å²) in [7, 11) is 0. The van der Waals surface area contributed by atoms with Crippen molar-refractivity contribution in [3.8, 4) is 5.69 Å². The summed E-state index contributed by atoms with van der Waals surface area (Å²) in [5.41, 5.74) is 3.33. The molecule has 0 atom stereocenters. The normalized spacial score (nSPS) is 16.0. The van der Waals surface area contributed by atoms with Crippen molar-refractivity contribution in [2.45, 2.75) is 19.4 Å². The number of halogens is 1. The van der Waals surface area contributed by atoms with Crippen molar-refractivity contribution in [1.29, 1.82) is 0 Å². The molecule has 1 amide bonds. The second kappa shape index (κ2) is 9.07. The molecular weight excluding hydrogens is 427 g/mol. The average molecular weight is 450 g/mol. The molecule has 0 radical (unpaired) electrons. The van der Waals surface area contributed by atoms with Gasteiger partial charge in [0.2, 0.25) is 5.91 Å². The van der Waals surface area contributed by atoms with Gasteiger partial charge in [0.1, 0.15) is 24.3 Å². The number of piperazine rings is 1. The van der Waals surface area contributed by atoms with E-state index in [1.165, 1.54) is 12.4 Å². The highest BCUT2D eigenvalue weighted by Gasteiger charge is 2.26. The maximum atomic E-state index is 14.2. The fourth-order valence-electron chi connectivity index (χ4n) is 4.27. The molecule has 10 heteroatoms. The third-order valence-electron chi connectivity index (χ3n) is 6.14. The molecule has 3 heterocycles. The number of amides is 1. The fourth-order valence-corrected chi connectivity index (χ4v) is 4.27. The van der Waals surface area contributed by atoms with Crippen LogP contribution in [0.25, 0.3) is 5.69 Å². The summed E-state index contributed by atoms with van der Waals surface area (Å²) in [5.74, 6) is -0.986. The number of hydrogen-bond acceptors (Lipinski definition) is 7. The van der Waals surface area contributed by atoms with Gasteiger partial charge in [0.25, 0.3) is 0 Å². The number of carbonyl (C=O) groups is 2. The van der Waals surface area contributed by atoms with Gasteiger partial charge in [0.15, 0.2) is 0 Å². The number of cyclic esters (lactones) is 1. The van der Waals surface area contributed by atoms with Gasteiger partial charge >= 0.3 is 5.97 Å². The lowest BCUT2D eigenvalue weighted by molar-refractivity contribution is -0.132. The minimum Gasteiger partial charge on any atom is -0.457 e. The molecule has 0 N–H and O–H groups in total. The molecule has 1 saturated heterocycles. The van der Waals surface area contributed by atoms with Crippen LogP contribution in [0.5, 0.6) is 0 Å². The Kier molecular flexibility index (Phi) is 5.82. The number of fused-ring (bicyclic) bond motifs is 1. The Hall–Kier alpha value is -3.66. The first-order chi connectivity index (χ1) is 16.1. The van der Waals surface area contributed by atoms with Gasteiger partial charge < -0.3 is 9.64 Å². The Morgan fingerprint density at radius 3 is 2.58 bits per heavy atom. The Bertz CT molecular complexity index is 1160. The Morgan fingerprint density at radius 1 is 1.06 bits per heavy atom. The number of benzene rings is 2.